The van der Waals surface area contributed by atoms with E-state index in [2.05, 4.69) is 46.1 Å². The van der Waals surface area contributed by atoms with E-state index in [4.69, 9.17) is 0 Å². The van der Waals surface area contributed by atoms with Crippen LogP contribution >= 0.6 is 0 Å². The van der Waals surface area contributed by atoms with Crippen LogP contribution in [0.2, 0.25) is 0 Å². The highest BCUT2D eigenvalue weighted by molar-refractivity contribution is 6.39. The van der Waals surface area contributed by atoms with Gasteiger partial charge in [0.25, 0.3) is 11.8 Å². The van der Waals surface area contributed by atoms with E-state index < -0.39 is 17.8 Å². The maximum Gasteiger partial charge on any atom is 0.336 e. The summed E-state index contributed by atoms with van der Waals surface area (Å²) in [6.07, 6.45) is 5.44. The summed E-state index contributed by atoms with van der Waals surface area (Å²) in [7, 11) is 0. The van der Waals surface area contributed by atoms with Crippen molar-refractivity contribution in [2.45, 2.75) is 27.2 Å². The third kappa shape index (κ3) is 3.66. The normalized spacial score (nSPS) is 15.5. The molecule has 1 N–H and O–H groups in total. The van der Waals surface area contributed by atoms with Crippen molar-refractivity contribution in [3.63, 3.8) is 0 Å². The van der Waals surface area contributed by atoms with Crippen molar-refractivity contribution in [3.8, 4) is 5.69 Å². The van der Waals surface area contributed by atoms with Gasteiger partial charge in [0.15, 0.2) is 0 Å². The number of nitrogens with one attached hydrogen (secondary N) is 1. The van der Waals surface area contributed by atoms with Crippen LogP contribution in [0.3, 0.4) is 0 Å². The average Bonchev–Trinajstić information content (AvgIpc) is 3.04. The van der Waals surface area contributed by atoms with Gasteiger partial charge in [0.1, 0.15) is 5.57 Å². The van der Waals surface area contributed by atoms with Gasteiger partial charge in [-0.3, -0.25) is 19.9 Å². The number of imide groups is 2. The lowest BCUT2D eigenvalue weighted by Crippen LogP contribution is -2.54. The second-order valence-electron chi connectivity index (χ2n) is 7.35. The van der Waals surface area contributed by atoms with E-state index in [0.717, 1.165) is 34.0 Å². The molecule has 4 rings (SSSR count). The zero-order chi connectivity index (χ0) is 22.1. The fraction of sp³-hybridized carbons (Fsp3) is 0.167. The number of rotatable bonds is 4. The molecule has 2 aromatic heterocycles. The van der Waals surface area contributed by atoms with Gasteiger partial charge >= 0.3 is 6.03 Å². The van der Waals surface area contributed by atoms with Crippen LogP contribution in [0.1, 0.15) is 29.4 Å². The molecule has 3 heterocycles. The van der Waals surface area contributed by atoms with Gasteiger partial charge in [-0.25, -0.2) is 9.69 Å². The molecule has 0 atom stereocenters. The second-order valence-corrected chi connectivity index (χ2v) is 7.35. The summed E-state index contributed by atoms with van der Waals surface area (Å²) >= 11 is 0. The smallest absolute Gasteiger partial charge is 0.318 e. The second kappa shape index (κ2) is 8.02. The quantitative estimate of drug-likeness (QED) is 0.521. The number of benzene rings is 1. The topological polar surface area (TPSA) is 84.3 Å². The number of anilines is 1. The SMILES string of the molecule is CCc1ccc(-n2c(C)cc(/C=C3\C(=O)NC(=O)N(c4cccnc4)C3=O)c2C)cc1. The van der Waals surface area contributed by atoms with Crippen LogP contribution in [0.5, 0.6) is 0 Å². The molecule has 7 heteroatoms. The minimum absolute atomic E-state index is 0.106. The highest BCUT2D eigenvalue weighted by Crippen LogP contribution is 2.26. The zero-order valence-electron chi connectivity index (χ0n) is 17.5. The number of nitrogens with zero attached hydrogens (tertiary/aromatic N) is 3. The van der Waals surface area contributed by atoms with Crippen molar-refractivity contribution >= 4 is 29.6 Å². The number of pyridine rings is 1. The molecule has 0 saturated carbocycles. The van der Waals surface area contributed by atoms with Crippen molar-refractivity contribution in [3.05, 3.63) is 82.9 Å². The molecule has 1 aromatic carbocycles. The lowest BCUT2D eigenvalue weighted by molar-refractivity contribution is -0.122. The van der Waals surface area contributed by atoms with Crippen molar-refractivity contribution in [1.29, 1.82) is 0 Å². The first-order chi connectivity index (χ1) is 14.9. The largest absolute Gasteiger partial charge is 0.336 e. The van der Waals surface area contributed by atoms with Crippen LogP contribution in [0, 0.1) is 13.8 Å². The molecule has 1 aliphatic rings. The highest BCUT2D eigenvalue weighted by Gasteiger charge is 2.37. The van der Waals surface area contributed by atoms with Crippen molar-refractivity contribution in [2.75, 3.05) is 4.90 Å². The molecule has 1 aliphatic heterocycles. The van der Waals surface area contributed by atoms with Crippen LogP contribution < -0.4 is 10.2 Å². The number of amides is 4. The Hall–Kier alpha value is -4.00. The van der Waals surface area contributed by atoms with Gasteiger partial charge in [-0.05, 0) is 67.8 Å². The Balaban J connectivity index is 1.74. The van der Waals surface area contributed by atoms with Crippen LogP contribution in [0.25, 0.3) is 11.8 Å². The number of aromatic nitrogens is 2. The molecule has 156 valence electrons. The third-order valence-electron chi connectivity index (χ3n) is 5.38. The highest BCUT2D eigenvalue weighted by atomic mass is 16.2. The minimum Gasteiger partial charge on any atom is -0.318 e. The first-order valence-corrected chi connectivity index (χ1v) is 10.0. The molecule has 7 nitrogen and oxygen atoms in total. The summed E-state index contributed by atoms with van der Waals surface area (Å²) in [6.45, 7) is 6.01. The Bertz CT molecular complexity index is 1210. The van der Waals surface area contributed by atoms with Gasteiger partial charge < -0.3 is 4.57 Å². The molecule has 0 unspecified atom stereocenters. The van der Waals surface area contributed by atoms with Crippen LogP contribution in [-0.2, 0) is 16.0 Å². The molecule has 1 fully saturated rings. The number of aryl methyl sites for hydroxylation is 2. The molecular weight excluding hydrogens is 392 g/mol. The maximum atomic E-state index is 13.0. The monoisotopic (exact) mass is 414 g/mol. The number of urea groups is 1. The molecular formula is C24H22N4O3. The predicted molar refractivity (Wildman–Crippen MR) is 118 cm³/mol. The zero-order valence-corrected chi connectivity index (χ0v) is 17.5. The van der Waals surface area contributed by atoms with Gasteiger partial charge in [0.05, 0.1) is 11.9 Å². The summed E-state index contributed by atoms with van der Waals surface area (Å²) < 4.78 is 2.07. The fourth-order valence-corrected chi connectivity index (χ4v) is 3.75. The summed E-state index contributed by atoms with van der Waals surface area (Å²) in [4.78, 5) is 42.7. The molecule has 4 amide bonds. The van der Waals surface area contributed by atoms with Crippen LogP contribution in [-0.4, -0.2) is 27.4 Å². The number of carbonyl (C=O) groups excluding carboxylic acids is 3. The summed E-state index contributed by atoms with van der Waals surface area (Å²) in [5, 5.41) is 2.24. The minimum atomic E-state index is -0.790. The molecule has 3 aromatic rings. The maximum absolute atomic E-state index is 13.0. The van der Waals surface area contributed by atoms with Crippen LogP contribution in [0.15, 0.2) is 60.4 Å². The first-order valence-electron chi connectivity index (χ1n) is 10.0. The Labute approximate surface area is 180 Å². The van der Waals surface area contributed by atoms with Gasteiger partial charge in [-0.1, -0.05) is 19.1 Å². The van der Waals surface area contributed by atoms with E-state index in [1.807, 2.05) is 19.9 Å². The Kier molecular flexibility index (Phi) is 5.25. The number of hydrogen-bond acceptors (Lipinski definition) is 4. The van der Waals surface area contributed by atoms with E-state index in [1.165, 1.54) is 17.8 Å². The Morgan fingerprint density at radius 1 is 1.03 bits per heavy atom. The van der Waals surface area contributed by atoms with Gasteiger partial charge in [-0.2, -0.15) is 0 Å². The van der Waals surface area contributed by atoms with E-state index in [-0.39, 0.29) is 5.57 Å². The van der Waals surface area contributed by atoms with Crippen molar-refractivity contribution < 1.29 is 14.4 Å². The summed E-state index contributed by atoms with van der Waals surface area (Å²) in [5.41, 5.74) is 5.03. The molecule has 0 aliphatic carbocycles. The van der Waals surface area contributed by atoms with Gasteiger partial charge in [-0.15, -0.1) is 0 Å². The summed E-state index contributed by atoms with van der Waals surface area (Å²) in [6, 6.07) is 12.6. The number of barbiturate groups is 1. The van der Waals surface area contributed by atoms with E-state index in [1.54, 1.807) is 18.3 Å². The molecule has 31 heavy (non-hydrogen) atoms. The third-order valence-corrected chi connectivity index (χ3v) is 5.38. The van der Waals surface area contributed by atoms with Gasteiger partial charge in [0, 0.05) is 23.3 Å². The first kappa shape index (κ1) is 20.3. The predicted octanol–water partition coefficient (Wildman–Crippen LogP) is 3.72. The lowest BCUT2D eigenvalue weighted by atomic mass is 10.1. The van der Waals surface area contributed by atoms with E-state index >= 15 is 0 Å². The Morgan fingerprint density at radius 3 is 2.42 bits per heavy atom. The van der Waals surface area contributed by atoms with Crippen molar-refractivity contribution in [1.82, 2.24) is 14.9 Å². The Morgan fingerprint density at radius 2 is 1.77 bits per heavy atom. The molecule has 0 radical (unpaired) electrons. The van der Waals surface area contributed by atoms with E-state index in [9.17, 15) is 14.4 Å². The lowest BCUT2D eigenvalue weighted by Gasteiger charge is -2.26. The van der Waals surface area contributed by atoms with Crippen molar-refractivity contribution in [2.24, 2.45) is 0 Å². The molecule has 0 spiro atoms. The van der Waals surface area contributed by atoms with Crippen LogP contribution in [0.4, 0.5) is 10.5 Å². The summed E-state index contributed by atoms with van der Waals surface area (Å²) in [5.74, 6) is -1.40. The van der Waals surface area contributed by atoms with E-state index in [0.29, 0.717) is 5.69 Å². The fourth-order valence-electron chi connectivity index (χ4n) is 3.75. The van der Waals surface area contributed by atoms with Gasteiger partial charge in [0.2, 0.25) is 0 Å². The average molecular weight is 414 g/mol. The number of hydrogen-bond donors (Lipinski definition) is 1. The number of carbonyl (C=O) groups is 3. The molecule has 0 bridgehead atoms. The standard InChI is InChI=1S/C24H22N4O3/c1-4-17-7-9-19(10-8-17)27-15(2)12-18(16(27)3)13-21-22(29)26-24(31)28(23(21)30)20-6-5-11-25-14-20/h5-14H,4H2,1-3H3,(H,26,29,31)/b21-13+. The molecule has 1 saturated heterocycles.